The summed E-state index contributed by atoms with van der Waals surface area (Å²) >= 11 is 5.42. The molecule has 1 heterocycles. The first kappa shape index (κ1) is 17.5. The lowest BCUT2D eigenvalue weighted by molar-refractivity contribution is 0.170. The van der Waals surface area contributed by atoms with Crippen LogP contribution in [0.25, 0.3) is 0 Å². The van der Waals surface area contributed by atoms with Gasteiger partial charge in [-0.15, -0.1) is 0 Å². The van der Waals surface area contributed by atoms with E-state index in [9.17, 15) is 13.2 Å². The van der Waals surface area contributed by atoms with Gasteiger partial charge in [-0.25, -0.2) is 23.1 Å². The molecule has 0 saturated carbocycles. The third-order valence-electron chi connectivity index (χ3n) is 3.09. The van der Waals surface area contributed by atoms with Gasteiger partial charge in [0.05, 0.1) is 0 Å². The van der Waals surface area contributed by atoms with Crippen LogP contribution in [0.15, 0.2) is 23.7 Å². The van der Waals surface area contributed by atoms with Crippen molar-refractivity contribution in [2.75, 3.05) is 13.2 Å². The highest BCUT2D eigenvalue weighted by Gasteiger charge is 2.22. The van der Waals surface area contributed by atoms with Gasteiger partial charge in [0.25, 0.3) is 0 Å². The van der Waals surface area contributed by atoms with Gasteiger partial charge in [-0.2, -0.15) is 0 Å². The molecule has 2 aromatic rings. The number of hydrogen-bond acceptors (Lipinski definition) is 3. The monoisotopic (exact) mass is 345 g/mol. The molecule has 8 heteroatoms. The van der Waals surface area contributed by atoms with Gasteiger partial charge in [0.15, 0.2) is 11.6 Å². The largest absolute Gasteiger partial charge is 0.374 e. The summed E-state index contributed by atoms with van der Waals surface area (Å²) in [5.41, 5.74) is -0.629. The third-order valence-corrected chi connectivity index (χ3v) is 3.43. The molecule has 0 aliphatic rings. The fourth-order valence-electron chi connectivity index (χ4n) is 1.88. The maximum Gasteiger partial charge on any atom is 0.186 e. The van der Waals surface area contributed by atoms with Crippen LogP contribution in [-0.2, 0) is 4.74 Å². The molecule has 0 saturated heterocycles. The van der Waals surface area contributed by atoms with Gasteiger partial charge in [-0.1, -0.05) is 18.5 Å². The van der Waals surface area contributed by atoms with Crippen LogP contribution >= 0.6 is 11.6 Å². The van der Waals surface area contributed by atoms with Gasteiger partial charge >= 0.3 is 0 Å². The maximum absolute atomic E-state index is 14.1. The Kier molecular flexibility index (Phi) is 5.79. The van der Waals surface area contributed by atoms with Crippen LogP contribution in [0.1, 0.15) is 18.9 Å². The molecule has 0 fully saturated rings. The summed E-state index contributed by atoms with van der Waals surface area (Å²) in [4.78, 5) is 7.91. The summed E-state index contributed by atoms with van der Waals surface area (Å²) in [6, 6.07) is 0. The Morgan fingerprint density at radius 3 is 2.65 bits per heavy atom. The van der Waals surface area contributed by atoms with E-state index in [0.717, 1.165) is 6.42 Å². The number of rotatable bonds is 5. The van der Waals surface area contributed by atoms with Gasteiger partial charge in [-0.05, 0) is 13.3 Å². The molecule has 0 N–H and O–H groups in total. The Bertz CT molecular complexity index is 688. The van der Waals surface area contributed by atoms with Crippen LogP contribution in [0.5, 0.6) is 0 Å². The summed E-state index contributed by atoms with van der Waals surface area (Å²) in [7, 11) is 0. The average Bonchev–Trinajstić information content (AvgIpc) is 3.08. The van der Waals surface area contributed by atoms with E-state index in [-0.39, 0.29) is 18.0 Å². The minimum absolute atomic E-state index is 0.0367. The first-order valence-corrected chi connectivity index (χ1v) is 7.31. The van der Waals surface area contributed by atoms with Gasteiger partial charge in [0.1, 0.15) is 35.3 Å². The lowest BCUT2D eigenvalue weighted by Gasteiger charge is -2.11. The van der Waals surface area contributed by atoms with Gasteiger partial charge < -0.3 is 4.74 Å². The molecule has 4 nitrogen and oxygen atoms in total. The standard InChI is InChI=1S/C15H15ClF3N3O/c1-3-6-23-7-10(22-5-4-20-8-22)21-15-9(2)12(17)11(16)13(18)14(15)19/h4-5,8H,3,6-7H2,1-2H3. The Morgan fingerprint density at radius 1 is 1.30 bits per heavy atom. The Labute approximate surface area is 136 Å². The predicted octanol–water partition coefficient (Wildman–Crippen LogP) is 4.27. The molecule has 1 aromatic carbocycles. The number of hydrogen-bond donors (Lipinski definition) is 0. The molecular weight excluding hydrogens is 331 g/mol. The fourth-order valence-corrected chi connectivity index (χ4v) is 2.10. The average molecular weight is 346 g/mol. The molecule has 0 unspecified atom stereocenters. The van der Waals surface area contributed by atoms with Crippen molar-refractivity contribution in [3.8, 4) is 0 Å². The van der Waals surface area contributed by atoms with E-state index in [1.165, 1.54) is 24.0 Å². The summed E-state index contributed by atoms with van der Waals surface area (Å²) in [6.45, 7) is 3.72. The van der Waals surface area contributed by atoms with E-state index in [1.54, 1.807) is 6.20 Å². The second-order valence-electron chi connectivity index (χ2n) is 4.78. The molecule has 0 spiro atoms. The van der Waals surface area contributed by atoms with Crippen molar-refractivity contribution in [1.82, 2.24) is 9.55 Å². The van der Waals surface area contributed by atoms with Crippen molar-refractivity contribution >= 4 is 23.1 Å². The normalized spacial score (nSPS) is 12.0. The topological polar surface area (TPSA) is 39.4 Å². The second kappa shape index (κ2) is 7.61. The second-order valence-corrected chi connectivity index (χ2v) is 5.16. The summed E-state index contributed by atoms with van der Waals surface area (Å²) in [5.74, 6) is -3.56. The van der Waals surface area contributed by atoms with E-state index < -0.39 is 28.2 Å². The number of aromatic nitrogens is 2. The lowest BCUT2D eigenvalue weighted by atomic mass is 10.1. The molecule has 2 rings (SSSR count). The third kappa shape index (κ3) is 3.73. The predicted molar refractivity (Wildman–Crippen MR) is 81.9 cm³/mol. The minimum atomic E-state index is -1.46. The van der Waals surface area contributed by atoms with E-state index >= 15 is 0 Å². The molecule has 124 valence electrons. The van der Waals surface area contributed by atoms with Gasteiger partial charge in [0.2, 0.25) is 0 Å². The van der Waals surface area contributed by atoms with Crippen LogP contribution in [-0.4, -0.2) is 28.6 Å². The molecule has 0 amide bonds. The first-order valence-electron chi connectivity index (χ1n) is 6.93. The molecule has 23 heavy (non-hydrogen) atoms. The van der Waals surface area contributed by atoms with Crippen LogP contribution in [0, 0.1) is 24.4 Å². The van der Waals surface area contributed by atoms with Crippen molar-refractivity contribution in [3.63, 3.8) is 0 Å². The fraction of sp³-hybridized carbons (Fsp3) is 0.333. The first-order chi connectivity index (χ1) is 11.0. The number of ether oxygens (including phenoxy) is 1. The lowest BCUT2D eigenvalue weighted by Crippen LogP contribution is -2.18. The van der Waals surface area contributed by atoms with Crippen LogP contribution in [0.4, 0.5) is 18.9 Å². The highest BCUT2D eigenvalue weighted by Crippen LogP contribution is 2.33. The Hall–Kier alpha value is -1.86. The quantitative estimate of drug-likeness (QED) is 0.267. The van der Waals surface area contributed by atoms with E-state index in [4.69, 9.17) is 16.3 Å². The number of halogens is 4. The van der Waals surface area contributed by atoms with Crippen molar-refractivity contribution in [1.29, 1.82) is 0 Å². The maximum atomic E-state index is 14.1. The highest BCUT2D eigenvalue weighted by atomic mass is 35.5. The van der Waals surface area contributed by atoms with Crippen LogP contribution in [0.2, 0.25) is 5.02 Å². The van der Waals surface area contributed by atoms with Crippen LogP contribution in [0.3, 0.4) is 0 Å². The SMILES string of the molecule is CCCOCC(=Nc1c(C)c(F)c(Cl)c(F)c1F)n1ccnc1. The zero-order valence-corrected chi connectivity index (χ0v) is 13.4. The smallest absolute Gasteiger partial charge is 0.186 e. The summed E-state index contributed by atoms with van der Waals surface area (Å²) in [6.07, 6.45) is 5.30. The van der Waals surface area contributed by atoms with Crippen molar-refractivity contribution < 1.29 is 17.9 Å². The molecule has 0 radical (unpaired) electrons. The van der Waals surface area contributed by atoms with Gasteiger partial charge in [0, 0.05) is 24.6 Å². The Morgan fingerprint density at radius 2 is 2.04 bits per heavy atom. The summed E-state index contributed by atoms with van der Waals surface area (Å²) < 4.78 is 48.5. The molecule has 0 aliphatic carbocycles. The van der Waals surface area contributed by atoms with E-state index in [0.29, 0.717) is 6.61 Å². The number of benzene rings is 1. The van der Waals surface area contributed by atoms with Gasteiger partial charge in [-0.3, -0.25) is 4.57 Å². The number of aliphatic imine (C=N–C) groups is 1. The van der Waals surface area contributed by atoms with Crippen LogP contribution < -0.4 is 0 Å². The summed E-state index contributed by atoms with van der Waals surface area (Å²) in [5, 5.41) is -0.884. The molecule has 0 aliphatic heterocycles. The molecule has 1 aromatic heterocycles. The zero-order valence-electron chi connectivity index (χ0n) is 12.6. The van der Waals surface area contributed by atoms with E-state index in [1.807, 2.05) is 6.92 Å². The molecular formula is C15H15ClF3N3O. The van der Waals surface area contributed by atoms with Crippen molar-refractivity contribution in [2.45, 2.75) is 20.3 Å². The van der Waals surface area contributed by atoms with E-state index in [2.05, 4.69) is 9.98 Å². The number of nitrogens with zero attached hydrogens (tertiary/aromatic N) is 3. The van der Waals surface area contributed by atoms with Crippen molar-refractivity contribution in [2.24, 2.45) is 4.99 Å². The molecule has 0 atom stereocenters. The Balaban J connectivity index is 2.51. The number of imidazole rings is 1. The highest BCUT2D eigenvalue weighted by molar-refractivity contribution is 6.31. The molecule has 0 bridgehead atoms. The van der Waals surface area contributed by atoms with Crippen molar-refractivity contribution in [3.05, 3.63) is 46.8 Å². The minimum Gasteiger partial charge on any atom is -0.374 e. The zero-order chi connectivity index (χ0) is 17.0.